The van der Waals surface area contributed by atoms with Crippen LogP contribution in [0.1, 0.15) is 41.3 Å². The average molecular weight is 413 g/mol. The van der Waals surface area contributed by atoms with E-state index in [1.165, 1.54) is 11.1 Å². The molecule has 1 fully saturated rings. The second-order valence-electron chi connectivity index (χ2n) is 8.13. The van der Waals surface area contributed by atoms with E-state index < -0.39 is 9.84 Å². The van der Waals surface area contributed by atoms with Crippen molar-refractivity contribution in [1.29, 1.82) is 0 Å². The first-order valence-electron chi connectivity index (χ1n) is 9.96. The van der Waals surface area contributed by atoms with Gasteiger partial charge in [0.05, 0.1) is 35.9 Å². The van der Waals surface area contributed by atoms with Crippen LogP contribution >= 0.6 is 0 Å². The molecule has 1 aromatic carbocycles. The Balaban J connectivity index is 1.36. The lowest BCUT2D eigenvalue weighted by atomic mass is 10.0. The highest BCUT2D eigenvalue weighted by Gasteiger charge is 2.31. The van der Waals surface area contributed by atoms with Crippen molar-refractivity contribution in [2.75, 3.05) is 16.8 Å². The van der Waals surface area contributed by atoms with Crippen molar-refractivity contribution >= 4 is 32.5 Å². The Hall–Kier alpha value is -2.61. The molecule has 2 aromatic heterocycles. The van der Waals surface area contributed by atoms with Crippen LogP contribution in [0.2, 0.25) is 0 Å². The molecule has 5 rings (SSSR count). The predicted molar refractivity (Wildman–Crippen MR) is 110 cm³/mol. The molecular weight excluding hydrogens is 390 g/mol. The van der Waals surface area contributed by atoms with Crippen LogP contribution in [0.3, 0.4) is 0 Å². The number of aryl methyl sites for hydroxylation is 3. The Kier molecular flexibility index (Phi) is 4.27. The van der Waals surface area contributed by atoms with Crippen LogP contribution in [0.4, 0.5) is 5.82 Å². The highest BCUT2D eigenvalue weighted by atomic mass is 32.2. The number of nitrogens with zero attached hydrogens (tertiary/aromatic N) is 2. The smallest absolute Gasteiger partial charge is 0.230 e. The molecule has 1 unspecified atom stereocenters. The molecule has 1 aliphatic carbocycles. The number of carbonyl (C=O) groups excluding carboxylic acids is 1. The summed E-state index contributed by atoms with van der Waals surface area (Å²) in [5.74, 6) is 0.600. The summed E-state index contributed by atoms with van der Waals surface area (Å²) in [6.45, 7) is 1.83. The predicted octanol–water partition coefficient (Wildman–Crippen LogP) is 2.97. The summed E-state index contributed by atoms with van der Waals surface area (Å²) in [5.41, 5.74) is 5.11. The van der Waals surface area contributed by atoms with Gasteiger partial charge in [0.15, 0.2) is 9.84 Å². The van der Waals surface area contributed by atoms with Gasteiger partial charge in [-0.3, -0.25) is 4.79 Å². The molecule has 1 saturated heterocycles. The highest BCUT2D eigenvalue weighted by molar-refractivity contribution is 7.91. The standard InChI is InChI=1S/C21H23N3O4S/c1-13-7-20(24(23-13)17-5-6-29(26,27)12-17)22-21(25)10-16-11-28-19-9-15-4-2-3-14(15)8-18(16)19/h7-9,11,17H,2-6,10,12H2,1H3,(H,22,25). The number of fused-ring (bicyclic) bond motifs is 2. The van der Waals surface area contributed by atoms with Gasteiger partial charge >= 0.3 is 0 Å². The number of sulfone groups is 1. The van der Waals surface area contributed by atoms with Gasteiger partial charge in [-0.1, -0.05) is 0 Å². The van der Waals surface area contributed by atoms with Gasteiger partial charge in [-0.2, -0.15) is 5.10 Å². The van der Waals surface area contributed by atoms with Gasteiger partial charge in [0.25, 0.3) is 0 Å². The number of benzene rings is 1. The second kappa shape index (κ2) is 6.73. The SMILES string of the molecule is Cc1cc(NC(=O)Cc2coc3cc4c(cc23)CCC4)n(C2CCS(=O)(=O)C2)n1. The fraction of sp³-hybridized carbons (Fsp3) is 0.429. The van der Waals surface area contributed by atoms with Gasteiger partial charge in [-0.15, -0.1) is 0 Å². The zero-order chi connectivity index (χ0) is 20.2. The highest BCUT2D eigenvalue weighted by Crippen LogP contribution is 2.31. The normalized spacial score (nSPS) is 20.2. The summed E-state index contributed by atoms with van der Waals surface area (Å²) >= 11 is 0. The fourth-order valence-corrected chi connectivity index (χ4v) is 6.19. The number of hydrogen-bond donors (Lipinski definition) is 1. The topological polar surface area (TPSA) is 94.2 Å². The third-order valence-corrected chi connectivity index (χ3v) is 7.65. The van der Waals surface area contributed by atoms with Crippen LogP contribution in [0.5, 0.6) is 0 Å². The molecule has 0 spiro atoms. The molecule has 2 aliphatic rings. The van der Waals surface area contributed by atoms with Gasteiger partial charge in [0.1, 0.15) is 11.4 Å². The Bertz CT molecular complexity index is 1220. The molecule has 1 amide bonds. The van der Waals surface area contributed by atoms with Crippen molar-refractivity contribution in [1.82, 2.24) is 9.78 Å². The molecule has 1 atom stereocenters. The molecule has 0 radical (unpaired) electrons. The van der Waals surface area contributed by atoms with Crippen LogP contribution in [0, 0.1) is 6.92 Å². The van der Waals surface area contributed by atoms with Crippen LogP contribution < -0.4 is 5.32 Å². The van der Waals surface area contributed by atoms with E-state index in [9.17, 15) is 13.2 Å². The minimum Gasteiger partial charge on any atom is -0.464 e. The van der Waals surface area contributed by atoms with Gasteiger partial charge in [-0.05, 0) is 55.9 Å². The van der Waals surface area contributed by atoms with Gasteiger partial charge < -0.3 is 9.73 Å². The van der Waals surface area contributed by atoms with Gasteiger partial charge in [0, 0.05) is 17.0 Å². The zero-order valence-electron chi connectivity index (χ0n) is 16.3. The molecule has 8 heteroatoms. The number of furan rings is 1. The van der Waals surface area contributed by atoms with E-state index in [0.29, 0.717) is 12.2 Å². The Morgan fingerprint density at radius 3 is 2.83 bits per heavy atom. The molecule has 7 nitrogen and oxygen atoms in total. The molecule has 1 aliphatic heterocycles. The number of amides is 1. The third-order valence-electron chi connectivity index (χ3n) is 5.90. The summed E-state index contributed by atoms with van der Waals surface area (Å²) in [6, 6.07) is 5.80. The molecule has 3 aromatic rings. The number of anilines is 1. The second-order valence-corrected chi connectivity index (χ2v) is 10.4. The lowest BCUT2D eigenvalue weighted by Gasteiger charge is -2.13. The molecule has 29 heavy (non-hydrogen) atoms. The summed E-state index contributed by atoms with van der Waals surface area (Å²) in [4.78, 5) is 12.7. The Morgan fingerprint density at radius 1 is 1.28 bits per heavy atom. The minimum absolute atomic E-state index is 0.0640. The van der Waals surface area contributed by atoms with E-state index >= 15 is 0 Å². The summed E-state index contributed by atoms with van der Waals surface area (Å²) in [6.07, 6.45) is 5.69. The van der Waals surface area contributed by atoms with Gasteiger partial charge in [0.2, 0.25) is 5.91 Å². The van der Waals surface area contributed by atoms with E-state index in [1.807, 2.05) is 6.92 Å². The zero-order valence-corrected chi connectivity index (χ0v) is 17.1. The number of rotatable bonds is 4. The maximum atomic E-state index is 12.7. The average Bonchev–Trinajstić information content (AvgIpc) is 3.41. The van der Waals surface area contributed by atoms with Crippen molar-refractivity contribution in [2.24, 2.45) is 0 Å². The van der Waals surface area contributed by atoms with E-state index in [1.54, 1.807) is 17.0 Å². The van der Waals surface area contributed by atoms with Crippen molar-refractivity contribution in [3.05, 3.63) is 46.8 Å². The number of hydrogen-bond acceptors (Lipinski definition) is 5. The van der Waals surface area contributed by atoms with Crippen LogP contribution in [0.15, 0.2) is 28.9 Å². The number of aromatic nitrogens is 2. The van der Waals surface area contributed by atoms with Crippen molar-refractivity contribution in [3.63, 3.8) is 0 Å². The van der Waals surface area contributed by atoms with Crippen LogP contribution in [-0.4, -0.2) is 35.6 Å². The van der Waals surface area contributed by atoms with Gasteiger partial charge in [-0.25, -0.2) is 13.1 Å². The quantitative estimate of drug-likeness (QED) is 0.710. The monoisotopic (exact) mass is 413 g/mol. The molecule has 0 bridgehead atoms. The fourth-order valence-electron chi connectivity index (χ4n) is 4.50. The summed E-state index contributed by atoms with van der Waals surface area (Å²) < 4.78 is 31.0. The van der Waals surface area contributed by atoms with Crippen molar-refractivity contribution in [2.45, 2.75) is 45.1 Å². The summed E-state index contributed by atoms with van der Waals surface area (Å²) in [7, 11) is -3.04. The molecule has 0 saturated carbocycles. The lowest BCUT2D eigenvalue weighted by molar-refractivity contribution is -0.115. The van der Waals surface area contributed by atoms with Crippen molar-refractivity contribution < 1.29 is 17.6 Å². The molecule has 152 valence electrons. The van der Waals surface area contributed by atoms with Crippen LogP contribution in [-0.2, 0) is 33.9 Å². The van der Waals surface area contributed by atoms with Crippen molar-refractivity contribution in [3.8, 4) is 0 Å². The first kappa shape index (κ1) is 18.4. The third kappa shape index (κ3) is 3.46. The maximum absolute atomic E-state index is 12.7. The number of nitrogens with one attached hydrogen (secondary N) is 1. The van der Waals surface area contributed by atoms with E-state index in [0.717, 1.165) is 41.5 Å². The molecular formula is C21H23N3O4S. The van der Waals surface area contributed by atoms with E-state index in [-0.39, 0.29) is 29.9 Å². The number of carbonyl (C=O) groups is 1. The summed E-state index contributed by atoms with van der Waals surface area (Å²) in [5, 5.41) is 8.33. The first-order valence-corrected chi connectivity index (χ1v) is 11.8. The Labute approximate surface area is 169 Å². The van der Waals surface area contributed by atoms with Crippen LogP contribution in [0.25, 0.3) is 11.0 Å². The maximum Gasteiger partial charge on any atom is 0.230 e. The first-order chi connectivity index (χ1) is 13.9. The molecule has 1 N–H and O–H groups in total. The molecule has 3 heterocycles. The Morgan fingerprint density at radius 2 is 2.07 bits per heavy atom. The minimum atomic E-state index is -3.04. The lowest BCUT2D eigenvalue weighted by Crippen LogP contribution is -2.20. The van der Waals surface area contributed by atoms with E-state index in [2.05, 4.69) is 22.5 Å². The largest absolute Gasteiger partial charge is 0.464 e. The van der Waals surface area contributed by atoms with E-state index in [4.69, 9.17) is 4.42 Å².